The van der Waals surface area contributed by atoms with E-state index in [1.807, 2.05) is 36.4 Å². The lowest BCUT2D eigenvalue weighted by Crippen LogP contribution is -2.05. The van der Waals surface area contributed by atoms with Crippen molar-refractivity contribution in [2.24, 2.45) is 5.10 Å². The number of aromatic nitrogens is 4. The maximum absolute atomic E-state index is 11.5. The molecule has 3 N–H and O–H groups in total. The number of nitrogens with zero attached hydrogens (tertiary/aromatic N) is 3. The van der Waals surface area contributed by atoms with E-state index in [0.717, 1.165) is 10.0 Å². The summed E-state index contributed by atoms with van der Waals surface area (Å²) in [5.41, 5.74) is 4.13. The number of halogens is 1. The molecule has 0 bridgehead atoms. The summed E-state index contributed by atoms with van der Waals surface area (Å²) >= 11 is 3.41. The number of nitrogens with one attached hydrogen (secondary N) is 3. The molecule has 0 saturated heterocycles. The van der Waals surface area contributed by atoms with Gasteiger partial charge in [-0.05, 0) is 27.6 Å². The van der Waals surface area contributed by atoms with Crippen LogP contribution in [0.25, 0.3) is 17.2 Å². The van der Waals surface area contributed by atoms with Crippen LogP contribution >= 0.6 is 15.9 Å². The molecule has 0 aliphatic carbocycles. The number of rotatable bonds is 4. The first-order chi connectivity index (χ1) is 10.7. The molecule has 0 aliphatic heterocycles. The summed E-state index contributed by atoms with van der Waals surface area (Å²) in [5.74, 6) is 0.343. The van der Waals surface area contributed by atoms with Crippen molar-refractivity contribution in [3.05, 3.63) is 57.1 Å². The van der Waals surface area contributed by atoms with Gasteiger partial charge in [0, 0.05) is 4.48 Å². The lowest BCUT2D eigenvalue weighted by atomic mass is 10.2. The Morgan fingerprint density at radius 3 is 2.91 bits per heavy atom. The Labute approximate surface area is 133 Å². The summed E-state index contributed by atoms with van der Waals surface area (Å²) in [6.45, 7) is 0. The number of hydrogen-bond acceptors (Lipinski definition) is 5. The highest BCUT2D eigenvalue weighted by Gasteiger charge is 2.05. The SMILES string of the molecule is O=c1[nH]cnc2nc(NN=CC(Br)=Cc3ccccc3)[nH]c12. The third-order valence-electron chi connectivity index (χ3n) is 2.76. The van der Waals surface area contributed by atoms with Crippen molar-refractivity contribution in [1.29, 1.82) is 0 Å². The largest absolute Gasteiger partial charge is 0.317 e. The van der Waals surface area contributed by atoms with Gasteiger partial charge in [0.2, 0.25) is 5.95 Å². The first-order valence-electron chi connectivity index (χ1n) is 6.37. The normalized spacial score (nSPS) is 12.1. The fraction of sp³-hybridized carbons (Fsp3) is 0. The van der Waals surface area contributed by atoms with Gasteiger partial charge in [0.15, 0.2) is 11.2 Å². The lowest BCUT2D eigenvalue weighted by Gasteiger charge is -1.94. The number of allylic oxidation sites excluding steroid dienone is 1. The molecule has 2 heterocycles. The molecular formula is C14H11BrN6O. The molecule has 1 aromatic carbocycles. The number of H-pyrrole nitrogens is 2. The minimum absolute atomic E-state index is 0.278. The van der Waals surface area contributed by atoms with Crippen LogP contribution in [0.1, 0.15) is 5.56 Å². The number of fused-ring (bicyclic) bond motifs is 1. The Morgan fingerprint density at radius 2 is 2.14 bits per heavy atom. The molecule has 3 aromatic rings. The van der Waals surface area contributed by atoms with Crippen LogP contribution < -0.4 is 11.0 Å². The van der Waals surface area contributed by atoms with Crippen LogP contribution in [0.5, 0.6) is 0 Å². The van der Waals surface area contributed by atoms with E-state index in [4.69, 9.17) is 0 Å². The third-order valence-corrected chi connectivity index (χ3v) is 3.19. The molecule has 8 heteroatoms. The fourth-order valence-electron chi connectivity index (χ4n) is 1.79. The van der Waals surface area contributed by atoms with Gasteiger partial charge in [-0.3, -0.25) is 4.79 Å². The van der Waals surface area contributed by atoms with Crippen LogP contribution in [0, 0.1) is 0 Å². The predicted molar refractivity (Wildman–Crippen MR) is 90.0 cm³/mol. The Morgan fingerprint density at radius 1 is 1.32 bits per heavy atom. The molecule has 0 radical (unpaired) electrons. The smallest absolute Gasteiger partial charge is 0.276 e. The average molecular weight is 359 g/mol. The van der Waals surface area contributed by atoms with E-state index < -0.39 is 0 Å². The minimum atomic E-state index is -0.278. The molecule has 0 fully saturated rings. The number of benzene rings is 1. The Hall–Kier alpha value is -2.74. The molecule has 0 amide bonds. The molecule has 0 aliphatic rings. The second kappa shape index (κ2) is 6.35. The van der Waals surface area contributed by atoms with Crippen molar-refractivity contribution < 1.29 is 0 Å². The van der Waals surface area contributed by atoms with Gasteiger partial charge in [-0.2, -0.15) is 10.1 Å². The van der Waals surface area contributed by atoms with E-state index in [-0.39, 0.29) is 5.56 Å². The molecule has 22 heavy (non-hydrogen) atoms. The first kappa shape index (κ1) is 14.2. The molecule has 0 saturated carbocycles. The predicted octanol–water partition coefficient (Wildman–Crippen LogP) is 2.48. The van der Waals surface area contributed by atoms with Crippen molar-refractivity contribution in [2.45, 2.75) is 0 Å². The quantitative estimate of drug-likeness (QED) is 0.492. The molecular weight excluding hydrogens is 348 g/mol. The summed E-state index contributed by atoms with van der Waals surface area (Å²) in [6, 6.07) is 9.85. The molecule has 2 aromatic heterocycles. The molecule has 110 valence electrons. The number of aromatic amines is 2. The van der Waals surface area contributed by atoms with Gasteiger partial charge in [0.05, 0.1) is 12.5 Å². The molecule has 3 rings (SSSR count). The van der Waals surface area contributed by atoms with Crippen LogP contribution in [-0.4, -0.2) is 26.2 Å². The van der Waals surface area contributed by atoms with E-state index in [1.165, 1.54) is 6.33 Å². The van der Waals surface area contributed by atoms with Crippen molar-refractivity contribution in [1.82, 2.24) is 19.9 Å². The summed E-state index contributed by atoms with van der Waals surface area (Å²) in [7, 11) is 0. The Balaban J connectivity index is 1.72. The van der Waals surface area contributed by atoms with Crippen molar-refractivity contribution in [3.8, 4) is 0 Å². The van der Waals surface area contributed by atoms with Gasteiger partial charge in [-0.25, -0.2) is 10.4 Å². The van der Waals surface area contributed by atoms with Gasteiger partial charge in [-0.1, -0.05) is 30.3 Å². The molecule has 0 spiro atoms. The van der Waals surface area contributed by atoms with Gasteiger partial charge in [0.1, 0.15) is 0 Å². The van der Waals surface area contributed by atoms with E-state index in [1.54, 1.807) is 6.21 Å². The highest BCUT2D eigenvalue weighted by atomic mass is 79.9. The monoisotopic (exact) mass is 358 g/mol. The number of hydrogen-bond donors (Lipinski definition) is 3. The second-order valence-corrected chi connectivity index (χ2v) is 5.24. The topological polar surface area (TPSA) is 98.8 Å². The van der Waals surface area contributed by atoms with Crippen LogP contribution in [0.3, 0.4) is 0 Å². The van der Waals surface area contributed by atoms with Crippen molar-refractivity contribution in [3.63, 3.8) is 0 Å². The second-order valence-electron chi connectivity index (χ2n) is 4.33. The van der Waals surface area contributed by atoms with Crippen molar-refractivity contribution >= 4 is 45.3 Å². The van der Waals surface area contributed by atoms with Gasteiger partial charge < -0.3 is 9.97 Å². The third kappa shape index (κ3) is 3.29. The average Bonchev–Trinajstić information content (AvgIpc) is 2.93. The Kier molecular flexibility index (Phi) is 4.10. The van der Waals surface area contributed by atoms with Crippen LogP contribution in [0.2, 0.25) is 0 Å². The van der Waals surface area contributed by atoms with Crippen molar-refractivity contribution in [2.75, 3.05) is 5.43 Å². The fourth-order valence-corrected chi connectivity index (χ4v) is 2.16. The van der Waals surface area contributed by atoms with Gasteiger partial charge >= 0.3 is 0 Å². The van der Waals surface area contributed by atoms with E-state index in [9.17, 15) is 4.79 Å². The standard InChI is InChI=1S/C14H11BrN6O/c15-10(6-9-4-2-1-3-5-9)7-18-21-14-19-11-12(20-14)16-8-17-13(11)22/h1-8H,(H3,16,17,19,20,21,22). The number of anilines is 1. The summed E-state index contributed by atoms with van der Waals surface area (Å²) in [6.07, 6.45) is 4.83. The first-order valence-corrected chi connectivity index (χ1v) is 7.16. The maximum Gasteiger partial charge on any atom is 0.276 e. The zero-order valence-corrected chi connectivity index (χ0v) is 12.8. The summed E-state index contributed by atoms with van der Waals surface area (Å²) in [4.78, 5) is 24.9. The lowest BCUT2D eigenvalue weighted by molar-refractivity contribution is 1.15. The molecule has 7 nitrogen and oxygen atoms in total. The van der Waals surface area contributed by atoms with E-state index >= 15 is 0 Å². The minimum Gasteiger partial charge on any atom is -0.317 e. The number of imidazole rings is 1. The number of hydrazone groups is 1. The Bertz CT molecular complexity index is 896. The van der Waals surface area contributed by atoms with Crippen LogP contribution in [0.15, 0.2) is 51.0 Å². The highest BCUT2D eigenvalue weighted by molar-refractivity contribution is 9.12. The van der Waals surface area contributed by atoms with Gasteiger partial charge in [-0.15, -0.1) is 0 Å². The molecule has 0 atom stereocenters. The maximum atomic E-state index is 11.5. The summed E-state index contributed by atoms with van der Waals surface area (Å²) in [5, 5.41) is 4.04. The zero-order chi connectivity index (χ0) is 15.4. The van der Waals surface area contributed by atoms with Crippen LogP contribution in [0.4, 0.5) is 5.95 Å². The van der Waals surface area contributed by atoms with Crippen LogP contribution in [-0.2, 0) is 0 Å². The van der Waals surface area contributed by atoms with E-state index in [0.29, 0.717) is 17.1 Å². The zero-order valence-electron chi connectivity index (χ0n) is 11.2. The summed E-state index contributed by atoms with van der Waals surface area (Å²) < 4.78 is 0.790. The molecule has 0 unspecified atom stereocenters. The van der Waals surface area contributed by atoms with E-state index in [2.05, 4.69) is 46.4 Å². The van der Waals surface area contributed by atoms with Gasteiger partial charge in [0.25, 0.3) is 5.56 Å². The highest BCUT2D eigenvalue weighted by Crippen LogP contribution is 2.11.